The maximum absolute atomic E-state index is 12.5. The van der Waals surface area contributed by atoms with Crippen molar-refractivity contribution in [3.8, 4) is 0 Å². The van der Waals surface area contributed by atoms with Crippen molar-refractivity contribution in [1.82, 2.24) is 20.0 Å². The van der Waals surface area contributed by atoms with Gasteiger partial charge in [-0.3, -0.25) is 4.98 Å². The van der Waals surface area contributed by atoms with Crippen LogP contribution in [0, 0.1) is 6.92 Å². The van der Waals surface area contributed by atoms with Crippen molar-refractivity contribution in [2.24, 2.45) is 0 Å². The number of sulfonamides is 1. The summed E-state index contributed by atoms with van der Waals surface area (Å²) in [4.78, 5) is 4.16. The van der Waals surface area contributed by atoms with Gasteiger partial charge in [-0.1, -0.05) is 12.1 Å². The maximum atomic E-state index is 12.5. The highest BCUT2D eigenvalue weighted by Gasteiger charge is 2.22. The summed E-state index contributed by atoms with van der Waals surface area (Å²) in [5.41, 5.74) is 1.83. The minimum Gasteiger partial charge on any atom is -0.260 e. The van der Waals surface area contributed by atoms with Crippen molar-refractivity contribution in [3.05, 3.63) is 47.8 Å². The Bertz CT molecular complexity index is 875. The van der Waals surface area contributed by atoms with Crippen LogP contribution in [0.3, 0.4) is 0 Å². The van der Waals surface area contributed by atoms with Crippen LogP contribution in [-0.4, -0.2) is 23.7 Å². The minimum atomic E-state index is -3.74. The van der Waals surface area contributed by atoms with Crippen molar-refractivity contribution in [3.63, 3.8) is 0 Å². The third-order valence-corrected chi connectivity index (χ3v) is 4.59. The smallest absolute Gasteiger partial charge is 0.243 e. The Hall–Kier alpha value is -2.32. The average Bonchev–Trinajstić information content (AvgIpc) is 2.94. The molecule has 0 unspecified atom stereocenters. The van der Waals surface area contributed by atoms with Gasteiger partial charge in [-0.25, -0.2) is 17.8 Å². The van der Waals surface area contributed by atoms with E-state index in [9.17, 15) is 8.42 Å². The molecule has 1 N–H and O–H groups in total. The van der Waals surface area contributed by atoms with Crippen LogP contribution in [0.1, 0.15) is 11.3 Å². The molecule has 3 rings (SSSR count). The van der Waals surface area contributed by atoms with Crippen molar-refractivity contribution in [2.45, 2.75) is 18.4 Å². The van der Waals surface area contributed by atoms with Crippen LogP contribution in [0.4, 0.5) is 0 Å². The summed E-state index contributed by atoms with van der Waals surface area (Å²) in [6.45, 7) is 1.80. The summed E-state index contributed by atoms with van der Waals surface area (Å²) in [5, 5.41) is 7.34. The Morgan fingerprint density at radius 2 is 2.05 bits per heavy atom. The Balaban J connectivity index is 1.97. The van der Waals surface area contributed by atoms with E-state index in [1.54, 1.807) is 43.5 Å². The third kappa shape index (κ3) is 2.63. The van der Waals surface area contributed by atoms with E-state index in [2.05, 4.69) is 24.6 Å². The first-order chi connectivity index (χ1) is 10.1. The summed E-state index contributed by atoms with van der Waals surface area (Å²) in [6, 6.07) is 8.64. The van der Waals surface area contributed by atoms with E-state index in [0.29, 0.717) is 16.8 Å². The Morgan fingerprint density at radius 3 is 2.81 bits per heavy atom. The molecule has 0 atom stereocenters. The molecule has 3 aromatic rings. The molecular formula is C13H12N4O3S. The molecule has 0 radical (unpaired) electrons. The fraction of sp³-hybridized carbons (Fsp3) is 0.154. The molecule has 21 heavy (non-hydrogen) atoms. The van der Waals surface area contributed by atoms with E-state index in [-0.39, 0.29) is 17.0 Å². The first-order valence-corrected chi connectivity index (χ1v) is 7.68. The predicted octanol–water partition coefficient (Wildman–Crippen LogP) is 1.40. The zero-order chi connectivity index (χ0) is 14.9. The van der Waals surface area contributed by atoms with E-state index in [0.717, 1.165) is 0 Å². The molecule has 1 aromatic carbocycles. The number of hydrogen-bond donors (Lipinski definition) is 1. The molecule has 0 aliphatic heterocycles. The number of fused-ring (bicyclic) bond motifs is 1. The summed E-state index contributed by atoms with van der Waals surface area (Å²) in [5.74, 6) is 0. The summed E-state index contributed by atoms with van der Waals surface area (Å²) < 4.78 is 32.1. The van der Waals surface area contributed by atoms with Gasteiger partial charge < -0.3 is 0 Å². The minimum absolute atomic E-state index is 0.0807. The van der Waals surface area contributed by atoms with E-state index in [1.165, 1.54) is 0 Å². The number of rotatable bonds is 4. The normalized spacial score (nSPS) is 11.9. The van der Waals surface area contributed by atoms with Gasteiger partial charge in [-0.15, -0.1) is 0 Å². The van der Waals surface area contributed by atoms with Gasteiger partial charge in [0.05, 0.1) is 12.2 Å². The molecule has 2 heterocycles. The molecule has 0 spiro atoms. The number of benzene rings is 1. The van der Waals surface area contributed by atoms with Crippen LogP contribution in [0.25, 0.3) is 11.0 Å². The molecule has 7 nitrogen and oxygen atoms in total. The van der Waals surface area contributed by atoms with E-state index in [1.807, 2.05) is 0 Å². The Kier molecular flexibility index (Phi) is 3.40. The molecule has 108 valence electrons. The highest BCUT2D eigenvalue weighted by atomic mass is 32.2. The van der Waals surface area contributed by atoms with Gasteiger partial charge >= 0.3 is 0 Å². The largest absolute Gasteiger partial charge is 0.260 e. The predicted molar refractivity (Wildman–Crippen MR) is 74.8 cm³/mol. The first kappa shape index (κ1) is 13.7. The number of hydrogen-bond acceptors (Lipinski definition) is 6. The highest BCUT2D eigenvalue weighted by Crippen LogP contribution is 2.23. The van der Waals surface area contributed by atoms with Crippen LogP contribution in [0.15, 0.2) is 46.1 Å². The van der Waals surface area contributed by atoms with Gasteiger partial charge in [0.25, 0.3) is 0 Å². The highest BCUT2D eigenvalue weighted by molar-refractivity contribution is 7.89. The molecule has 0 saturated heterocycles. The fourth-order valence-corrected chi connectivity index (χ4v) is 3.38. The standard InChI is InChI=1S/C13H12N4O3S/c1-9-5-6-11-12(17-20-16-11)13(9)21(18,19)15-8-10-4-2-3-7-14-10/h2-7,15H,8H2,1H3. The number of nitrogens with one attached hydrogen (secondary N) is 1. The first-order valence-electron chi connectivity index (χ1n) is 6.19. The second kappa shape index (κ2) is 5.23. The summed E-state index contributed by atoms with van der Waals surface area (Å²) in [6.07, 6.45) is 1.61. The molecule has 2 aromatic heterocycles. The second-order valence-electron chi connectivity index (χ2n) is 4.49. The zero-order valence-corrected chi connectivity index (χ0v) is 12.0. The van der Waals surface area contributed by atoms with Crippen LogP contribution in [0.2, 0.25) is 0 Å². The summed E-state index contributed by atoms with van der Waals surface area (Å²) >= 11 is 0. The average molecular weight is 304 g/mol. The van der Waals surface area contributed by atoms with Crippen LogP contribution < -0.4 is 4.72 Å². The van der Waals surface area contributed by atoms with Crippen molar-refractivity contribution in [2.75, 3.05) is 0 Å². The third-order valence-electron chi connectivity index (χ3n) is 3.02. The van der Waals surface area contributed by atoms with E-state index < -0.39 is 10.0 Å². The lowest BCUT2D eigenvalue weighted by Gasteiger charge is -2.08. The van der Waals surface area contributed by atoms with Crippen LogP contribution >= 0.6 is 0 Å². The van der Waals surface area contributed by atoms with Crippen LogP contribution in [-0.2, 0) is 16.6 Å². The number of aryl methyl sites for hydroxylation is 1. The monoisotopic (exact) mass is 304 g/mol. The van der Waals surface area contributed by atoms with Crippen molar-refractivity contribution in [1.29, 1.82) is 0 Å². The quantitative estimate of drug-likeness (QED) is 0.782. The van der Waals surface area contributed by atoms with Crippen molar-refractivity contribution < 1.29 is 13.0 Å². The molecular weight excluding hydrogens is 292 g/mol. The fourth-order valence-electron chi connectivity index (χ4n) is 2.01. The van der Waals surface area contributed by atoms with Gasteiger partial charge in [0, 0.05) is 6.20 Å². The SMILES string of the molecule is Cc1ccc2nonc2c1S(=O)(=O)NCc1ccccn1. The van der Waals surface area contributed by atoms with E-state index >= 15 is 0 Å². The number of nitrogens with zero attached hydrogens (tertiary/aromatic N) is 3. The summed E-state index contributed by atoms with van der Waals surface area (Å²) in [7, 11) is -3.74. The Labute approximate surface area is 121 Å². The van der Waals surface area contributed by atoms with Crippen molar-refractivity contribution >= 4 is 21.1 Å². The molecule has 0 fully saturated rings. The van der Waals surface area contributed by atoms with Gasteiger partial charge in [0.2, 0.25) is 10.0 Å². The lowest BCUT2D eigenvalue weighted by molar-refractivity contribution is 0.315. The van der Waals surface area contributed by atoms with Gasteiger partial charge in [0.15, 0.2) is 5.52 Å². The second-order valence-corrected chi connectivity index (χ2v) is 6.19. The topological polar surface area (TPSA) is 98.0 Å². The molecule has 0 aliphatic rings. The van der Waals surface area contributed by atoms with Gasteiger partial charge in [-0.2, -0.15) is 0 Å². The maximum Gasteiger partial charge on any atom is 0.243 e. The molecule has 0 saturated carbocycles. The molecule has 0 bridgehead atoms. The number of pyridine rings is 1. The van der Waals surface area contributed by atoms with E-state index in [4.69, 9.17) is 0 Å². The van der Waals surface area contributed by atoms with Gasteiger partial charge in [0.1, 0.15) is 10.4 Å². The zero-order valence-electron chi connectivity index (χ0n) is 11.1. The van der Waals surface area contributed by atoms with Crippen LogP contribution in [0.5, 0.6) is 0 Å². The molecule has 0 aliphatic carbocycles. The molecule has 8 heteroatoms. The molecule has 0 amide bonds. The lowest BCUT2D eigenvalue weighted by atomic mass is 10.2. The number of aromatic nitrogens is 3. The Morgan fingerprint density at radius 1 is 1.19 bits per heavy atom. The van der Waals surface area contributed by atoms with Gasteiger partial charge in [-0.05, 0) is 41.0 Å². The lowest BCUT2D eigenvalue weighted by Crippen LogP contribution is -2.24.